The van der Waals surface area contributed by atoms with Crippen LogP contribution in [0.5, 0.6) is 17.2 Å². The molecule has 0 saturated heterocycles. The van der Waals surface area contributed by atoms with E-state index in [-0.39, 0.29) is 16.8 Å². The molecule has 3 rings (SSSR count). The van der Waals surface area contributed by atoms with E-state index < -0.39 is 5.97 Å². The average Bonchev–Trinajstić information content (AvgIpc) is 3.01. The van der Waals surface area contributed by atoms with Gasteiger partial charge in [0.2, 0.25) is 0 Å². The molecular weight excluding hydrogens is 380 g/mol. The zero-order valence-corrected chi connectivity index (χ0v) is 16.1. The Labute approximate surface area is 166 Å². The van der Waals surface area contributed by atoms with Crippen molar-refractivity contribution in [2.75, 3.05) is 13.7 Å². The number of nitrogens with two attached hydrogens (primary N) is 1. The van der Waals surface area contributed by atoms with Gasteiger partial charge in [-0.05, 0) is 66.7 Å². The summed E-state index contributed by atoms with van der Waals surface area (Å²) in [5.74, 6) is 0.426. The first kappa shape index (κ1) is 19.5. The molecule has 2 N–H and O–H groups in total. The number of rotatable bonds is 6. The topological polar surface area (TPSA) is 100 Å². The molecule has 1 heterocycles. The predicted molar refractivity (Wildman–Crippen MR) is 108 cm³/mol. The molecule has 0 aliphatic carbocycles. The predicted octanol–water partition coefficient (Wildman–Crippen LogP) is 3.24. The molecule has 0 unspecified atom stereocenters. The van der Waals surface area contributed by atoms with Gasteiger partial charge < -0.3 is 19.9 Å². The van der Waals surface area contributed by atoms with E-state index in [2.05, 4.69) is 4.99 Å². The number of methoxy groups -OCH3 is 1. The van der Waals surface area contributed by atoms with Crippen LogP contribution in [0.3, 0.4) is 0 Å². The van der Waals surface area contributed by atoms with Crippen LogP contribution in [-0.4, -0.2) is 30.8 Å². The SMILES string of the molecule is CCOc1cc(/C=C2\SC(N)=NC2=O)ccc1OC(=O)c1ccc(OC)cc1. The summed E-state index contributed by atoms with van der Waals surface area (Å²) in [5, 5.41) is 0.214. The highest BCUT2D eigenvalue weighted by atomic mass is 32.2. The van der Waals surface area contributed by atoms with Crippen LogP contribution >= 0.6 is 11.8 Å². The molecule has 1 aliphatic rings. The number of hydrogen-bond acceptors (Lipinski definition) is 7. The largest absolute Gasteiger partial charge is 0.497 e. The first-order valence-electron chi connectivity index (χ1n) is 8.41. The molecule has 0 bridgehead atoms. The van der Waals surface area contributed by atoms with Gasteiger partial charge in [0.25, 0.3) is 5.91 Å². The van der Waals surface area contributed by atoms with Gasteiger partial charge in [-0.2, -0.15) is 4.99 Å². The first-order valence-corrected chi connectivity index (χ1v) is 9.23. The Balaban J connectivity index is 1.81. The summed E-state index contributed by atoms with van der Waals surface area (Å²) in [6.07, 6.45) is 1.66. The van der Waals surface area contributed by atoms with Crippen molar-refractivity contribution in [3.8, 4) is 17.2 Å². The lowest BCUT2D eigenvalue weighted by Gasteiger charge is -2.12. The molecule has 144 valence electrons. The third-order valence-corrected chi connectivity index (χ3v) is 4.54. The summed E-state index contributed by atoms with van der Waals surface area (Å²) in [6.45, 7) is 2.21. The number of thioether (sulfide) groups is 1. The van der Waals surface area contributed by atoms with E-state index in [1.54, 1.807) is 55.7 Å². The number of carbonyl (C=O) groups is 2. The number of ether oxygens (including phenoxy) is 3. The summed E-state index contributed by atoms with van der Waals surface area (Å²) >= 11 is 1.11. The monoisotopic (exact) mass is 398 g/mol. The molecule has 0 spiro atoms. The zero-order valence-electron chi connectivity index (χ0n) is 15.3. The Morgan fingerprint density at radius 2 is 1.93 bits per heavy atom. The second-order valence-corrected chi connectivity index (χ2v) is 6.69. The average molecular weight is 398 g/mol. The second kappa shape index (κ2) is 8.62. The van der Waals surface area contributed by atoms with Crippen LogP contribution in [-0.2, 0) is 4.79 Å². The van der Waals surface area contributed by atoms with E-state index in [1.807, 2.05) is 6.92 Å². The van der Waals surface area contributed by atoms with Crippen molar-refractivity contribution in [3.63, 3.8) is 0 Å². The van der Waals surface area contributed by atoms with Gasteiger partial charge in [-0.25, -0.2) is 4.79 Å². The van der Waals surface area contributed by atoms with Gasteiger partial charge in [0, 0.05) is 0 Å². The van der Waals surface area contributed by atoms with Gasteiger partial charge in [0.1, 0.15) is 5.75 Å². The fraction of sp³-hybridized carbons (Fsp3) is 0.150. The highest BCUT2D eigenvalue weighted by molar-refractivity contribution is 8.18. The molecule has 0 fully saturated rings. The van der Waals surface area contributed by atoms with E-state index in [0.29, 0.717) is 34.1 Å². The Morgan fingerprint density at radius 3 is 2.54 bits per heavy atom. The highest BCUT2D eigenvalue weighted by Gasteiger charge is 2.20. The number of carbonyl (C=O) groups excluding carboxylic acids is 2. The highest BCUT2D eigenvalue weighted by Crippen LogP contribution is 2.32. The summed E-state index contributed by atoms with van der Waals surface area (Å²) in [6, 6.07) is 11.6. The quantitative estimate of drug-likeness (QED) is 0.453. The Kier molecular flexibility index (Phi) is 6.00. The molecule has 8 heteroatoms. The van der Waals surface area contributed by atoms with Crippen LogP contribution in [0.1, 0.15) is 22.8 Å². The van der Waals surface area contributed by atoms with Crippen molar-refractivity contribution in [3.05, 3.63) is 58.5 Å². The number of benzene rings is 2. The summed E-state index contributed by atoms with van der Waals surface area (Å²) in [5.41, 5.74) is 6.65. The molecule has 0 aromatic heterocycles. The van der Waals surface area contributed by atoms with Gasteiger partial charge in [0.05, 0.1) is 24.2 Å². The van der Waals surface area contributed by atoms with Crippen LogP contribution in [0.2, 0.25) is 0 Å². The standard InChI is InChI=1S/C20H18N2O5S/c1-3-26-16-10-12(11-17-18(23)22-20(21)28-17)4-9-15(16)27-19(24)13-5-7-14(25-2)8-6-13/h4-11H,3H2,1-2H3,(H2,21,22,23)/b17-11-. The number of esters is 1. The fourth-order valence-corrected chi connectivity index (χ4v) is 3.11. The van der Waals surface area contributed by atoms with E-state index in [1.165, 1.54) is 0 Å². The summed E-state index contributed by atoms with van der Waals surface area (Å²) in [4.78, 5) is 28.2. The number of nitrogens with zero attached hydrogens (tertiary/aromatic N) is 1. The molecule has 2 aromatic rings. The zero-order chi connectivity index (χ0) is 20.1. The van der Waals surface area contributed by atoms with Gasteiger partial charge in [-0.1, -0.05) is 6.07 Å². The summed E-state index contributed by atoms with van der Waals surface area (Å²) < 4.78 is 16.2. The number of hydrogen-bond donors (Lipinski definition) is 1. The molecule has 1 aliphatic heterocycles. The van der Waals surface area contributed by atoms with Crippen molar-refractivity contribution >= 4 is 34.9 Å². The molecule has 0 radical (unpaired) electrons. The third kappa shape index (κ3) is 4.52. The molecule has 0 atom stereocenters. The lowest BCUT2D eigenvalue weighted by Crippen LogP contribution is -2.09. The molecule has 7 nitrogen and oxygen atoms in total. The first-order chi connectivity index (χ1) is 13.5. The van der Waals surface area contributed by atoms with Crippen molar-refractivity contribution in [2.45, 2.75) is 6.92 Å². The van der Waals surface area contributed by atoms with Crippen LogP contribution in [0, 0.1) is 0 Å². The molecule has 0 saturated carbocycles. The van der Waals surface area contributed by atoms with Crippen molar-refractivity contribution in [2.24, 2.45) is 10.7 Å². The maximum Gasteiger partial charge on any atom is 0.343 e. The van der Waals surface area contributed by atoms with E-state index >= 15 is 0 Å². The number of amidine groups is 1. The number of aliphatic imine (C=N–C) groups is 1. The minimum Gasteiger partial charge on any atom is -0.497 e. The maximum absolute atomic E-state index is 12.4. The van der Waals surface area contributed by atoms with Crippen LogP contribution in [0.25, 0.3) is 6.08 Å². The van der Waals surface area contributed by atoms with E-state index in [4.69, 9.17) is 19.9 Å². The third-order valence-electron chi connectivity index (χ3n) is 3.73. The summed E-state index contributed by atoms with van der Waals surface area (Å²) in [7, 11) is 1.55. The van der Waals surface area contributed by atoms with E-state index in [9.17, 15) is 9.59 Å². The van der Waals surface area contributed by atoms with E-state index in [0.717, 1.165) is 11.8 Å². The lowest BCUT2D eigenvalue weighted by atomic mass is 10.1. The van der Waals surface area contributed by atoms with Crippen molar-refractivity contribution < 1.29 is 23.8 Å². The fourth-order valence-electron chi connectivity index (χ4n) is 2.43. The molecule has 2 aromatic carbocycles. The molecule has 1 amide bonds. The Morgan fingerprint density at radius 1 is 1.18 bits per heavy atom. The van der Waals surface area contributed by atoms with Gasteiger partial charge in [0.15, 0.2) is 16.7 Å². The van der Waals surface area contributed by atoms with Gasteiger partial charge in [-0.3, -0.25) is 4.79 Å². The van der Waals surface area contributed by atoms with Crippen LogP contribution in [0.15, 0.2) is 52.4 Å². The lowest BCUT2D eigenvalue weighted by molar-refractivity contribution is -0.113. The van der Waals surface area contributed by atoms with Gasteiger partial charge >= 0.3 is 5.97 Å². The number of amides is 1. The minimum atomic E-state index is -0.516. The van der Waals surface area contributed by atoms with Crippen molar-refractivity contribution in [1.29, 1.82) is 0 Å². The molecular formula is C20H18N2O5S. The smallest absolute Gasteiger partial charge is 0.343 e. The van der Waals surface area contributed by atoms with Crippen LogP contribution < -0.4 is 19.9 Å². The Bertz CT molecular complexity index is 967. The minimum absolute atomic E-state index is 0.214. The maximum atomic E-state index is 12.4. The Hall–Kier alpha value is -3.26. The molecule has 28 heavy (non-hydrogen) atoms. The second-order valence-electron chi connectivity index (χ2n) is 5.62. The van der Waals surface area contributed by atoms with Crippen LogP contribution in [0.4, 0.5) is 0 Å². The van der Waals surface area contributed by atoms with Crippen molar-refractivity contribution in [1.82, 2.24) is 0 Å². The van der Waals surface area contributed by atoms with Gasteiger partial charge in [-0.15, -0.1) is 0 Å². The normalized spacial score (nSPS) is 14.7.